The highest BCUT2D eigenvalue weighted by atomic mass is 32.2. The standard InChI is InChI=1S/C5H6NS2/c1-2-4-3-8-5(7)6-4/h3H,2H2,1H3. The predicted molar refractivity (Wildman–Crippen MR) is 37.3 cm³/mol. The first-order valence-corrected chi connectivity index (χ1v) is 3.73. The normalized spacial score (nSPS) is 9.62. The monoisotopic (exact) mass is 144 g/mol. The van der Waals surface area contributed by atoms with Gasteiger partial charge in [-0.05, 0) is 19.0 Å². The number of nitrogens with zero attached hydrogens (tertiary/aromatic N) is 1. The summed E-state index contributed by atoms with van der Waals surface area (Å²) in [5, 5.41) is 2.00. The van der Waals surface area contributed by atoms with Gasteiger partial charge in [0.25, 0.3) is 0 Å². The van der Waals surface area contributed by atoms with E-state index in [9.17, 15) is 0 Å². The summed E-state index contributed by atoms with van der Waals surface area (Å²) in [6, 6.07) is 0. The molecule has 0 aliphatic rings. The third-order valence-corrected chi connectivity index (χ3v) is 1.96. The van der Waals surface area contributed by atoms with Crippen molar-refractivity contribution in [1.82, 2.24) is 4.98 Å². The second-order valence-corrected chi connectivity index (χ2v) is 2.96. The Labute approximate surface area is 58.2 Å². The van der Waals surface area contributed by atoms with Crippen LogP contribution in [-0.4, -0.2) is 4.98 Å². The molecule has 0 saturated heterocycles. The topological polar surface area (TPSA) is 12.9 Å². The van der Waals surface area contributed by atoms with Crippen molar-refractivity contribution in [3.05, 3.63) is 11.1 Å². The van der Waals surface area contributed by atoms with Crippen LogP contribution in [0.3, 0.4) is 0 Å². The lowest BCUT2D eigenvalue weighted by atomic mass is 10.4. The molecule has 0 N–H and O–H groups in total. The maximum absolute atomic E-state index is 4.81. The molecular weight excluding hydrogens is 138 g/mol. The van der Waals surface area contributed by atoms with Gasteiger partial charge < -0.3 is 0 Å². The minimum absolute atomic E-state index is 0.752. The van der Waals surface area contributed by atoms with Crippen molar-refractivity contribution in [3.63, 3.8) is 0 Å². The van der Waals surface area contributed by atoms with Gasteiger partial charge in [0.05, 0.1) is 5.69 Å². The largest absolute Gasteiger partial charge is 0.231 e. The zero-order valence-electron chi connectivity index (χ0n) is 4.55. The Morgan fingerprint density at radius 3 is 2.88 bits per heavy atom. The van der Waals surface area contributed by atoms with Crippen LogP contribution < -0.4 is 0 Å². The Morgan fingerprint density at radius 1 is 1.88 bits per heavy atom. The molecule has 0 amide bonds. The molecule has 0 unspecified atom stereocenters. The number of hydrogen-bond donors (Lipinski definition) is 0. The SMILES string of the molecule is CCc1csc([S])n1. The maximum atomic E-state index is 4.81. The van der Waals surface area contributed by atoms with E-state index in [4.69, 9.17) is 12.6 Å². The molecule has 3 heteroatoms. The molecule has 1 rings (SSSR count). The summed E-state index contributed by atoms with van der Waals surface area (Å²) < 4.78 is 0.752. The van der Waals surface area contributed by atoms with Crippen molar-refractivity contribution in [2.45, 2.75) is 17.7 Å². The van der Waals surface area contributed by atoms with Gasteiger partial charge in [-0.1, -0.05) is 6.92 Å². The van der Waals surface area contributed by atoms with Gasteiger partial charge in [-0.2, -0.15) is 0 Å². The number of aryl methyl sites for hydroxylation is 1. The van der Waals surface area contributed by atoms with Gasteiger partial charge in [0.15, 0.2) is 4.34 Å². The Morgan fingerprint density at radius 2 is 2.62 bits per heavy atom. The summed E-state index contributed by atoms with van der Waals surface area (Å²) in [7, 11) is 0. The second-order valence-electron chi connectivity index (χ2n) is 1.46. The van der Waals surface area contributed by atoms with E-state index in [0.29, 0.717) is 0 Å². The van der Waals surface area contributed by atoms with Crippen molar-refractivity contribution in [1.29, 1.82) is 0 Å². The van der Waals surface area contributed by atoms with Crippen molar-refractivity contribution >= 4 is 24.0 Å². The van der Waals surface area contributed by atoms with Crippen LogP contribution in [0, 0.1) is 0 Å². The number of hydrogen-bond acceptors (Lipinski definition) is 2. The number of thiazole rings is 1. The van der Waals surface area contributed by atoms with Crippen LogP contribution in [0.4, 0.5) is 0 Å². The zero-order chi connectivity index (χ0) is 5.98. The van der Waals surface area contributed by atoms with Crippen LogP contribution in [0.1, 0.15) is 12.6 Å². The van der Waals surface area contributed by atoms with Gasteiger partial charge >= 0.3 is 0 Å². The smallest absolute Gasteiger partial charge is 0.180 e. The fourth-order valence-corrected chi connectivity index (χ4v) is 1.34. The van der Waals surface area contributed by atoms with Crippen molar-refractivity contribution in [2.75, 3.05) is 0 Å². The molecule has 43 valence electrons. The van der Waals surface area contributed by atoms with Crippen molar-refractivity contribution in [2.24, 2.45) is 0 Å². The molecule has 0 aromatic carbocycles. The molecular formula is C5H6NS2. The highest BCUT2D eigenvalue weighted by Gasteiger charge is 1.93. The van der Waals surface area contributed by atoms with Crippen molar-refractivity contribution in [3.8, 4) is 0 Å². The van der Waals surface area contributed by atoms with Crippen LogP contribution in [0.15, 0.2) is 9.72 Å². The minimum atomic E-state index is 0.752. The lowest BCUT2D eigenvalue weighted by Crippen LogP contribution is -1.75. The fourth-order valence-electron chi connectivity index (χ4n) is 0.451. The lowest BCUT2D eigenvalue weighted by molar-refractivity contribution is 1.03. The van der Waals surface area contributed by atoms with Crippen LogP contribution in [-0.2, 0) is 6.42 Å². The first kappa shape index (κ1) is 5.98. The second kappa shape index (κ2) is 2.42. The van der Waals surface area contributed by atoms with E-state index in [1.165, 1.54) is 11.3 Å². The highest BCUT2D eigenvalue weighted by Crippen LogP contribution is 2.12. The molecule has 0 aliphatic carbocycles. The van der Waals surface area contributed by atoms with Gasteiger partial charge in [0.1, 0.15) is 0 Å². The fraction of sp³-hybridized carbons (Fsp3) is 0.400. The third kappa shape index (κ3) is 1.17. The van der Waals surface area contributed by atoms with E-state index < -0.39 is 0 Å². The lowest BCUT2D eigenvalue weighted by Gasteiger charge is -1.78. The molecule has 0 atom stereocenters. The molecule has 1 aromatic rings. The van der Waals surface area contributed by atoms with Crippen LogP contribution >= 0.6 is 24.0 Å². The predicted octanol–water partition coefficient (Wildman–Crippen LogP) is 2.26. The van der Waals surface area contributed by atoms with Gasteiger partial charge in [-0.3, -0.25) is 0 Å². The number of aromatic nitrogens is 1. The first-order chi connectivity index (χ1) is 3.83. The molecule has 0 aliphatic heterocycles. The Hall–Kier alpha value is -0.150. The van der Waals surface area contributed by atoms with Gasteiger partial charge in [-0.25, -0.2) is 4.98 Å². The Bertz CT molecular complexity index is 171. The maximum Gasteiger partial charge on any atom is 0.180 e. The molecule has 0 bridgehead atoms. The van der Waals surface area contributed by atoms with E-state index in [1.54, 1.807) is 0 Å². The van der Waals surface area contributed by atoms with E-state index >= 15 is 0 Å². The molecule has 1 heterocycles. The summed E-state index contributed by atoms with van der Waals surface area (Å²) >= 11 is 6.34. The van der Waals surface area contributed by atoms with Crippen molar-refractivity contribution < 1.29 is 0 Å². The summed E-state index contributed by atoms with van der Waals surface area (Å²) in [5.74, 6) is 0. The van der Waals surface area contributed by atoms with Crippen LogP contribution in [0.5, 0.6) is 0 Å². The molecule has 0 fully saturated rings. The molecule has 1 nitrogen and oxygen atoms in total. The van der Waals surface area contributed by atoms with Gasteiger partial charge in [-0.15, -0.1) is 11.3 Å². The van der Waals surface area contributed by atoms with Crippen LogP contribution in [0.2, 0.25) is 0 Å². The highest BCUT2D eigenvalue weighted by molar-refractivity contribution is 7.82. The van der Waals surface area contributed by atoms with E-state index in [1.807, 2.05) is 5.38 Å². The average Bonchev–Trinajstić information content (AvgIpc) is 2.14. The summed E-state index contributed by atoms with van der Waals surface area (Å²) in [6.07, 6.45) is 0.993. The summed E-state index contributed by atoms with van der Waals surface area (Å²) in [4.78, 5) is 4.06. The molecule has 0 spiro atoms. The zero-order valence-corrected chi connectivity index (χ0v) is 6.18. The molecule has 0 saturated carbocycles. The Kier molecular flexibility index (Phi) is 1.81. The van der Waals surface area contributed by atoms with E-state index in [2.05, 4.69) is 11.9 Å². The van der Waals surface area contributed by atoms with E-state index in [-0.39, 0.29) is 0 Å². The van der Waals surface area contributed by atoms with Gasteiger partial charge in [0, 0.05) is 5.38 Å². The summed E-state index contributed by atoms with van der Waals surface area (Å²) in [5.41, 5.74) is 1.11. The number of rotatable bonds is 1. The Balaban J connectivity index is 2.84. The molecule has 1 aromatic heterocycles. The van der Waals surface area contributed by atoms with Gasteiger partial charge in [0.2, 0.25) is 0 Å². The quantitative estimate of drug-likeness (QED) is 0.589. The summed E-state index contributed by atoms with van der Waals surface area (Å²) in [6.45, 7) is 2.07. The van der Waals surface area contributed by atoms with E-state index in [0.717, 1.165) is 16.5 Å². The van der Waals surface area contributed by atoms with Crippen LogP contribution in [0.25, 0.3) is 0 Å². The molecule has 8 heavy (non-hydrogen) atoms. The minimum Gasteiger partial charge on any atom is -0.231 e. The molecule has 1 radical (unpaired) electrons. The third-order valence-electron chi connectivity index (χ3n) is 0.893. The first-order valence-electron chi connectivity index (χ1n) is 2.44. The average molecular weight is 144 g/mol.